The lowest BCUT2D eigenvalue weighted by atomic mass is 9.98. The van der Waals surface area contributed by atoms with Gasteiger partial charge in [-0.25, -0.2) is 9.59 Å². The standard InChI is InChI=1S/C39H45NO18S/c1-21(41)50-20-32-33(51-22(2)42)34(52-23(3)43)35(53-24(4)44)37(55-32)54-30-18-26-11-9-10-12-27(26)19-31(30)58-59(47,48)57-28-15-13-25(14-16-28)17-29(36(45)49-8)40-38(46)56-39(5,6)7/h9-16,18-19,29,32-35,37H,17,20H2,1-8H3,(H,40,46)/t29?,32-,33+,34+,35-,37-/m1/s1. The van der Waals surface area contributed by atoms with Crippen molar-refractivity contribution in [3.05, 3.63) is 66.2 Å². The maximum absolute atomic E-state index is 13.4. The highest BCUT2D eigenvalue weighted by atomic mass is 32.3. The summed E-state index contributed by atoms with van der Waals surface area (Å²) in [5.74, 6) is -5.00. The van der Waals surface area contributed by atoms with E-state index in [2.05, 4.69) is 5.32 Å². The molecule has 0 radical (unpaired) electrons. The molecule has 3 aromatic rings. The highest BCUT2D eigenvalue weighted by Gasteiger charge is 2.53. The van der Waals surface area contributed by atoms with E-state index in [1.165, 1.54) is 36.4 Å². The van der Waals surface area contributed by atoms with Crippen LogP contribution in [-0.4, -0.2) is 100 Å². The summed E-state index contributed by atoms with van der Waals surface area (Å²) in [5, 5.41) is 3.48. The van der Waals surface area contributed by atoms with E-state index in [0.717, 1.165) is 34.8 Å². The second kappa shape index (κ2) is 19.5. The molecule has 1 saturated heterocycles. The molecule has 0 aromatic heterocycles. The predicted molar refractivity (Wildman–Crippen MR) is 202 cm³/mol. The number of amides is 1. The molecule has 4 rings (SSSR count). The normalized spacial score (nSPS) is 19.6. The minimum Gasteiger partial charge on any atom is -0.467 e. The smallest absolute Gasteiger partial charge is 0.467 e. The molecule has 1 aliphatic heterocycles. The van der Waals surface area contributed by atoms with Crippen molar-refractivity contribution in [1.29, 1.82) is 0 Å². The van der Waals surface area contributed by atoms with Gasteiger partial charge >= 0.3 is 46.3 Å². The van der Waals surface area contributed by atoms with Crippen molar-refractivity contribution in [3.8, 4) is 17.2 Å². The highest BCUT2D eigenvalue weighted by Crippen LogP contribution is 2.38. The number of ether oxygens (including phenoxy) is 8. The molecule has 59 heavy (non-hydrogen) atoms. The largest absolute Gasteiger partial charge is 0.501 e. The van der Waals surface area contributed by atoms with E-state index in [9.17, 15) is 37.2 Å². The van der Waals surface area contributed by atoms with Crippen LogP contribution >= 0.6 is 0 Å². The van der Waals surface area contributed by atoms with Crippen LogP contribution in [0.25, 0.3) is 10.8 Å². The number of fused-ring (bicyclic) bond motifs is 1. The molecule has 6 atom stereocenters. The number of rotatable bonds is 15. The molecular formula is C39H45NO18S. The highest BCUT2D eigenvalue weighted by molar-refractivity contribution is 7.82. The Labute approximate surface area is 339 Å². The van der Waals surface area contributed by atoms with Gasteiger partial charge in [-0.15, -0.1) is 8.42 Å². The Hall–Kier alpha value is -6.15. The Kier molecular flexibility index (Phi) is 15.1. The summed E-state index contributed by atoms with van der Waals surface area (Å²) in [4.78, 5) is 73.3. The predicted octanol–water partition coefficient (Wildman–Crippen LogP) is 3.61. The Bertz CT molecular complexity index is 2130. The van der Waals surface area contributed by atoms with Gasteiger partial charge < -0.3 is 51.6 Å². The number of alkyl carbamates (subject to hydrolysis) is 1. The first kappa shape index (κ1) is 45.6. The monoisotopic (exact) mass is 847 g/mol. The second-order valence-electron chi connectivity index (χ2n) is 14.0. The Morgan fingerprint density at radius 3 is 1.85 bits per heavy atom. The summed E-state index contributed by atoms with van der Waals surface area (Å²) in [7, 11) is -3.80. The van der Waals surface area contributed by atoms with Gasteiger partial charge in [-0.3, -0.25) is 19.2 Å². The molecule has 19 nitrogen and oxygen atoms in total. The van der Waals surface area contributed by atoms with E-state index in [1.54, 1.807) is 45.0 Å². The van der Waals surface area contributed by atoms with E-state index in [-0.39, 0.29) is 17.9 Å². The van der Waals surface area contributed by atoms with Crippen molar-refractivity contribution >= 4 is 57.1 Å². The summed E-state index contributed by atoms with van der Waals surface area (Å²) in [6.45, 7) is 8.73. The first-order chi connectivity index (χ1) is 27.6. The summed E-state index contributed by atoms with van der Waals surface area (Å²) < 4.78 is 81.2. The number of methoxy groups -OCH3 is 1. The van der Waals surface area contributed by atoms with Crippen molar-refractivity contribution in [2.24, 2.45) is 0 Å². The molecule has 1 N–H and O–H groups in total. The molecule has 0 bridgehead atoms. The Morgan fingerprint density at radius 2 is 1.31 bits per heavy atom. The van der Waals surface area contributed by atoms with Gasteiger partial charge in [-0.1, -0.05) is 36.4 Å². The SMILES string of the molecule is COC(=O)C(Cc1ccc(OS(=O)(=O)Oc2cc3ccccc3cc2O[C@@H]2O[C@H](COC(C)=O)[C@H](OC(C)=O)[C@H](OC(C)=O)[C@H]2OC(C)=O)cc1)NC(=O)OC(C)(C)C. The summed E-state index contributed by atoms with van der Waals surface area (Å²) in [6, 6.07) is 13.8. The van der Waals surface area contributed by atoms with Crippen LogP contribution in [0.15, 0.2) is 60.7 Å². The van der Waals surface area contributed by atoms with Crippen molar-refractivity contribution in [3.63, 3.8) is 0 Å². The van der Waals surface area contributed by atoms with Crippen LogP contribution in [0, 0.1) is 0 Å². The average molecular weight is 848 g/mol. The molecular weight excluding hydrogens is 802 g/mol. The van der Waals surface area contributed by atoms with Crippen LogP contribution in [0.3, 0.4) is 0 Å². The average Bonchev–Trinajstić information content (AvgIpc) is 3.12. The van der Waals surface area contributed by atoms with Crippen LogP contribution < -0.4 is 18.4 Å². The molecule has 3 aromatic carbocycles. The minimum absolute atomic E-state index is 0.0491. The fourth-order valence-corrected chi connectivity index (χ4v) is 6.44. The van der Waals surface area contributed by atoms with E-state index in [4.69, 9.17) is 46.3 Å². The van der Waals surface area contributed by atoms with Crippen LogP contribution in [0.4, 0.5) is 4.79 Å². The number of nitrogens with one attached hydrogen (secondary N) is 1. The van der Waals surface area contributed by atoms with Crippen molar-refractivity contribution in [2.75, 3.05) is 13.7 Å². The van der Waals surface area contributed by atoms with Gasteiger partial charge in [0.1, 0.15) is 30.1 Å². The molecule has 320 valence electrons. The first-order valence-corrected chi connectivity index (χ1v) is 19.3. The van der Waals surface area contributed by atoms with E-state index in [1.807, 2.05) is 0 Å². The minimum atomic E-state index is -4.95. The molecule has 1 heterocycles. The van der Waals surface area contributed by atoms with Crippen LogP contribution in [-0.2, 0) is 74.0 Å². The topological polar surface area (TPSA) is 241 Å². The molecule has 1 unspecified atom stereocenters. The number of carbonyl (C=O) groups excluding carboxylic acids is 6. The molecule has 0 saturated carbocycles. The van der Waals surface area contributed by atoms with Gasteiger partial charge in [0.25, 0.3) is 0 Å². The molecule has 0 spiro atoms. The van der Waals surface area contributed by atoms with E-state index >= 15 is 0 Å². The van der Waals surface area contributed by atoms with Crippen LogP contribution in [0.2, 0.25) is 0 Å². The lowest BCUT2D eigenvalue weighted by Crippen LogP contribution is -2.63. The molecule has 1 aliphatic rings. The molecule has 1 fully saturated rings. The first-order valence-electron chi connectivity index (χ1n) is 17.9. The Morgan fingerprint density at radius 1 is 0.746 bits per heavy atom. The van der Waals surface area contributed by atoms with Gasteiger partial charge in [0.15, 0.2) is 23.7 Å². The van der Waals surface area contributed by atoms with Gasteiger partial charge in [0, 0.05) is 34.1 Å². The zero-order valence-electron chi connectivity index (χ0n) is 33.4. The van der Waals surface area contributed by atoms with Crippen molar-refractivity contribution in [1.82, 2.24) is 5.32 Å². The number of carbonyl (C=O) groups is 6. The number of hydrogen-bond donors (Lipinski definition) is 1. The number of hydrogen-bond acceptors (Lipinski definition) is 18. The molecule has 0 aliphatic carbocycles. The third-order valence-corrected chi connectivity index (χ3v) is 8.71. The number of esters is 5. The summed E-state index contributed by atoms with van der Waals surface area (Å²) in [6.07, 6.45) is -8.67. The fraction of sp³-hybridized carbons (Fsp3) is 0.436. The maximum Gasteiger partial charge on any atom is 0.501 e. The van der Waals surface area contributed by atoms with E-state index in [0.29, 0.717) is 16.3 Å². The van der Waals surface area contributed by atoms with Gasteiger partial charge in [-0.2, -0.15) is 0 Å². The molecule has 1 amide bonds. The quantitative estimate of drug-likeness (QED) is 0.170. The lowest BCUT2D eigenvalue weighted by Gasteiger charge is -2.44. The fourth-order valence-electron chi connectivity index (χ4n) is 5.71. The van der Waals surface area contributed by atoms with E-state index < -0.39 is 101 Å². The summed E-state index contributed by atoms with van der Waals surface area (Å²) in [5.41, 5.74) is -0.343. The van der Waals surface area contributed by atoms with Crippen molar-refractivity contribution in [2.45, 2.75) is 97.2 Å². The maximum atomic E-state index is 13.4. The lowest BCUT2D eigenvalue weighted by molar-refractivity contribution is -0.288. The third kappa shape index (κ3) is 13.7. The van der Waals surface area contributed by atoms with Crippen molar-refractivity contribution < 1.29 is 83.4 Å². The summed E-state index contributed by atoms with van der Waals surface area (Å²) >= 11 is 0. The number of benzene rings is 3. The van der Waals surface area contributed by atoms with Gasteiger partial charge in [-0.05, 0) is 61.4 Å². The van der Waals surface area contributed by atoms with Gasteiger partial charge in [0.05, 0.1) is 7.11 Å². The Balaban J connectivity index is 1.64. The third-order valence-electron chi connectivity index (χ3n) is 7.93. The van der Waals surface area contributed by atoms with Gasteiger partial charge in [0.2, 0.25) is 12.4 Å². The van der Waals surface area contributed by atoms with Crippen LogP contribution in [0.1, 0.15) is 54.0 Å². The zero-order valence-corrected chi connectivity index (χ0v) is 34.2. The zero-order chi connectivity index (χ0) is 43.7. The van der Waals surface area contributed by atoms with Crippen LogP contribution in [0.5, 0.6) is 17.2 Å². The molecule has 20 heteroatoms. The second-order valence-corrected chi connectivity index (χ2v) is 15.1.